The van der Waals surface area contributed by atoms with Gasteiger partial charge in [-0.3, -0.25) is 4.57 Å². The van der Waals surface area contributed by atoms with E-state index in [2.05, 4.69) is 9.71 Å². The number of hydrogen-bond donors (Lipinski definition) is 1. The largest absolute Gasteiger partial charge is 0.419 e. The van der Waals surface area contributed by atoms with Gasteiger partial charge in [0.25, 0.3) is 0 Å². The summed E-state index contributed by atoms with van der Waals surface area (Å²) in [7, 11) is -1.61. The molecule has 1 aromatic carbocycles. The third kappa shape index (κ3) is 4.00. The topological polar surface area (TPSA) is 94.2 Å². The van der Waals surface area contributed by atoms with Gasteiger partial charge < -0.3 is 4.42 Å². The van der Waals surface area contributed by atoms with Crippen LogP contribution in [0.3, 0.4) is 0 Å². The van der Waals surface area contributed by atoms with Gasteiger partial charge in [-0.1, -0.05) is 19.4 Å². The lowest BCUT2D eigenvalue weighted by Gasteiger charge is -2.03. The Morgan fingerprint density at radius 2 is 2.16 bits per heavy atom. The molecule has 0 radical (unpaired) electrons. The molecule has 3 aromatic rings. The van der Waals surface area contributed by atoms with Crippen LogP contribution in [0.4, 0.5) is 0 Å². The first-order valence-corrected chi connectivity index (χ1v) is 10.4. The fourth-order valence-electron chi connectivity index (χ4n) is 2.40. The van der Waals surface area contributed by atoms with Crippen molar-refractivity contribution in [2.45, 2.75) is 26.3 Å². The number of aryl methyl sites for hydroxylation is 1. The number of oxazole rings is 1. The summed E-state index contributed by atoms with van der Waals surface area (Å²) in [6.07, 6.45) is 1.47. The summed E-state index contributed by atoms with van der Waals surface area (Å²) in [6.45, 7) is 2.13. The Bertz CT molecular complexity index is 1050. The summed E-state index contributed by atoms with van der Waals surface area (Å²) in [6, 6.07) is 5.44. The fourth-order valence-corrected chi connectivity index (χ4v) is 4.40. The molecular weight excluding hydrogens is 362 g/mol. The number of thiazole rings is 1. The number of sulfonamides is 1. The van der Waals surface area contributed by atoms with Crippen molar-refractivity contribution in [2.24, 2.45) is 7.05 Å². The monoisotopic (exact) mass is 381 g/mol. The normalized spacial score (nSPS) is 12.1. The highest BCUT2D eigenvalue weighted by atomic mass is 32.2. The Morgan fingerprint density at radius 3 is 2.92 bits per heavy atom. The van der Waals surface area contributed by atoms with Crippen molar-refractivity contribution in [3.63, 3.8) is 0 Å². The van der Waals surface area contributed by atoms with Gasteiger partial charge in [-0.05, 0) is 18.6 Å². The summed E-state index contributed by atoms with van der Waals surface area (Å²) in [5.74, 6) is -0.279. The molecule has 0 fully saturated rings. The van der Waals surface area contributed by atoms with E-state index < -0.39 is 15.8 Å². The number of aromatic nitrogens is 2. The molecule has 0 aliphatic heterocycles. The molecule has 2 aromatic heterocycles. The number of nitrogens with one attached hydrogen (secondary N) is 1. The van der Waals surface area contributed by atoms with E-state index in [0.717, 1.165) is 17.7 Å². The van der Waals surface area contributed by atoms with Crippen molar-refractivity contribution >= 4 is 32.5 Å². The molecule has 0 bridgehead atoms. The Kier molecular flexibility index (Phi) is 5.07. The fraction of sp³-hybridized carbons (Fsp3) is 0.375. The van der Waals surface area contributed by atoms with Gasteiger partial charge in [-0.25, -0.2) is 22.9 Å². The van der Waals surface area contributed by atoms with Crippen LogP contribution in [0.2, 0.25) is 0 Å². The van der Waals surface area contributed by atoms with E-state index in [1.165, 1.54) is 15.9 Å². The third-order valence-corrected chi connectivity index (χ3v) is 6.11. The quantitative estimate of drug-likeness (QED) is 0.678. The number of rotatable bonds is 7. The summed E-state index contributed by atoms with van der Waals surface area (Å²) < 4.78 is 32.9. The van der Waals surface area contributed by atoms with Crippen molar-refractivity contribution in [3.05, 3.63) is 39.1 Å². The highest BCUT2D eigenvalue weighted by molar-refractivity contribution is 7.89. The Morgan fingerprint density at radius 1 is 1.36 bits per heavy atom. The molecule has 7 nitrogen and oxygen atoms in total. The van der Waals surface area contributed by atoms with Crippen LogP contribution in [-0.4, -0.2) is 23.7 Å². The van der Waals surface area contributed by atoms with Crippen LogP contribution in [0.1, 0.15) is 24.8 Å². The van der Waals surface area contributed by atoms with Gasteiger partial charge in [0.15, 0.2) is 5.58 Å². The molecule has 25 heavy (non-hydrogen) atoms. The average molecular weight is 381 g/mol. The molecule has 2 heterocycles. The molecule has 0 spiro atoms. The predicted octanol–water partition coefficient (Wildman–Crippen LogP) is 2.47. The van der Waals surface area contributed by atoms with E-state index in [1.807, 2.05) is 24.4 Å². The molecule has 0 unspecified atom stereocenters. The molecule has 0 saturated heterocycles. The van der Waals surface area contributed by atoms with Crippen molar-refractivity contribution < 1.29 is 12.8 Å². The third-order valence-electron chi connectivity index (χ3n) is 3.85. The number of nitrogens with zero attached hydrogens (tertiary/aromatic N) is 2. The van der Waals surface area contributed by atoms with E-state index in [4.69, 9.17) is 4.42 Å². The van der Waals surface area contributed by atoms with E-state index in [-0.39, 0.29) is 12.3 Å². The lowest BCUT2D eigenvalue weighted by atomic mass is 10.1. The molecule has 9 heteroatoms. The first-order valence-electron chi connectivity index (χ1n) is 7.91. The standard InChI is InChI=1S/C16H19N3O4S2/c1-3-4-7-25(21,22)17-9-15-18-12(10-24-15)11-5-6-13-14(8-11)23-16(20)19(13)2/h5-6,8,10,17H,3-4,7,9H2,1-2H3. The van der Waals surface area contributed by atoms with Crippen molar-refractivity contribution in [3.8, 4) is 11.3 Å². The molecule has 0 atom stereocenters. The maximum atomic E-state index is 11.8. The van der Waals surface area contributed by atoms with Gasteiger partial charge >= 0.3 is 5.76 Å². The highest BCUT2D eigenvalue weighted by Crippen LogP contribution is 2.25. The Labute approximate surface area is 149 Å². The van der Waals surface area contributed by atoms with Gasteiger partial charge in [0.2, 0.25) is 10.0 Å². The van der Waals surface area contributed by atoms with Gasteiger partial charge in [0, 0.05) is 18.0 Å². The second kappa shape index (κ2) is 7.11. The van der Waals surface area contributed by atoms with Crippen LogP contribution in [0.15, 0.2) is 32.8 Å². The number of unbranched alkanes of at least 4 members (excludes halogenated alkanes) is 1. The average Bonchev–Trinajstić information content (AvgIpc) is 3.16. The zero-order valence-electron chi connectivity index (χ0n) is 14.0. The smallest absolute Gasteiger partial charge is 0.408 e. The van der Waals surface area contributed by atoms with Crippen LogP contribution in [0, 0.1) is 0 Å². The summed E-state index contributed by atoms with van der Waals surface area (Å²) in [5.41, 5.74) is 2.76. The van der Waals surface area contributed by atoms with Crippen LogP contribution in [-0.2, 0) is 23.6 Å². The van der Waals surface area contributed by atoms with Crippen LogP contribution in [0.5, 0.6) is 0 Å². The maximum absolute atomic E-state index is 11.8. The van der Waals surface area contributed by atoms with Crippen LogP contribution < -0.4 is 10.5 Å². The minimum absolute atomic E-state index is 0.130. The molecule has 3 rings (SSSR count). The maximum Gasteiger partial charge on any atom is 0.419 e. The van der Waals surface area contributed by atoms with Crippen molar-refractivity contribution in [2.75, 3.05) is 5.75 Å². The second-order valence-electron chi connectivity index (χ2n) is 5.73. The molecule has 134 valence electrons. The minimum atomic E-state index is -3.26. The predicted molar refractivity (Wildman–Crippen MR) is 98.1 cm³/mol. The number of benzene rings is 1. The van der Waals surface area contributed by atoms with Crippen molar-refractivity contribution in [1.29, 1.82) is 0 Å². The van der Waals surface area contributed by atoms with E-state index in [0.29, 0.717) is 22.5 Å². The minimum Gasteiger partial charge on any atom is -0.408 e. The van der Waals surface area contributed by atoms with Gasteiger partial charge in [0.1, 0.15) is 5.01 Å². The molecule has 0 aliphatic carbocycles. The lowest BCUT2D eigenvalue weighted by molar-refractivity contribution is 0.528. The van der Waals surface area contributed by atoms with Crippen molar-refractivity contribution in [1.82, 2.24) is 14.3 Å². The first-order chi connectivity index (χ1) is 11.9. The zero-order chi connectivity index (χ0) is 18.0. The summed E-state index contributed by atoms with van der Waals surface area (Å²) in [4.78, 5) is 16.0. The highest BCUT2D eigenvalue weighted by Gasteiger charge is 2.12. The van der Waals surface area contributed by atoms with Gasteiger partial charge in [0.05, 0.1) is 23.5 Å². The molecule has 1 N–H and O–H groups in total. The Balaban J connectivity index is 1.76. The van der Waals surface area contributed by atoms with E-state index >= 15 is 0 Å². The van der Waals surface area contributed by atoms with Gasteiger partial charge in [-0.15, -0.1) is 11.3 Å². The van der Waals surface area contributed by atoms with E-state index in [1.54, 1.807) is 13.1 Å². The molecule has 0 saturated carbocycles. The van der Waals surface area contributed by atoms with Crippen LogP contribution in [0.25, 0.3) is 22.4 Å². The van der Waals surface area contributed by atoms with Crippen LogP contribution >= 0.6 is 11.3 Å². The van der Waals surface area contributed by atoms with E-state index in [9.17, 15) is 13.2 Å². The molecule has 0 aliphatic rings. The SMILES string of the molecule is CCCCS(=O)(=O)NCc1nc(-c2ccc3c(c2)oc(=O)n3C)cs1. The van der Waals surface area contributed by atoms with Gasteiger partial charge in [-0.2, -0.15) is 0 Å². The second-order valence-corrected chi connectivity index (χ2v) is 8.60. The Hall–Kier alpha value is -1.97. The summed E-state index contributed by atoms with van der Waals surface area (Å²) in [5, 5.41) is 2.54. The number of fused-ring (bicyclic) bond motifs is 1. The molecular formula is C16H19N3O4S2. The molecule has 0 amide bonds. The summed E-state index contributed by atoms with van der Waals surface area (Å²) >= 11 is 1.39. The number of hydrogen-bond acceptors (Lipinski definition) is 6. The first kappa shape index (κ1) is 17.8. The lowest BCUT2D eigenvalue weighted by Crippen LogP contribution is -2.25. The zero-order valence-corrected chi connectivity index (χ0v) is 15.6.